The highest BCUT2D eigenvalue weighted by Crippen LogP contribution is 2.32. The molecular formula is C15H12N6O. The highest BCUT2D eigenvalue weighted by molar-refractivity contribution is 6.08. The van der Waals surface area contributed by atoms with Crippen molar-refractivity contribution in [3.05, 3.63) is 42.4 Å². The number of nitrogens with zero attached hydrogens (tertiary/aromatic N) is 2. The van der Waals surface area contributed by atoms with Gasteiger partial charge in [0.25, 0.3) is 5.91 Å². The van der Waals surface area contributed by atoms with Gasteiger partial charge in [0, 0.05) is 22.5 Å². The van der Waals surface area contributed by atoms with Crippen LogP contribution in [0.25, 0.3) is 32.9 Å². The topological polar surface area (TPSA) is 126 Å². The van der Waals surface area contributed by atoms with Gasteiger partial charge in [0.15, 0.2) is 0 Å². The monoisotopic (exact) mass is 292 g/mol. The largest absolute Gasteiger partial charge is 0.384 e. The maximum Gasteiger partial charge on any atom is 0.250 e. The highest BCUT2D eigenvalue weighted by atomic mass is 16.1. The van der Waals surface area contributed by atoms with Gasteiger partial charge in [-0.05, 0) is 23.8 Å². The summed E-state index contributed by atoms with van der Waals surface area (Å²) in [6.07, 6.45) is 5.20. The molecule has 0 unspecified atom stereocenters. The number of hydrogen-bond acceptors (Lipinski definition) is 4. The van der Waals surface area contributed by atoms with Gasteiger partial charge in [-0.3, -0.25) is 9.89 Å². The molecule has 0 fully saturated rings. The number of nitrogen functional groups attached to an aromatic ring is 1. The highest BCUT2D eigenvalue weighted by Gasteiger charge is 2.14. The van der Waals surface area contributed by atoms with Gasteiger partial charge in [0.1, 0.15) is 5.82 Å². The molecule has 0 saturated carbocycles. The smallest absolute Gasteiger partial charge is 0.250 e. The second-order valence-electron chi connectivity index (χ2n) is 5.08. The van der Waals surface area contributed by atoms with E-state index < -0.39 is 5.91 Å². The molecule has 1 aromatic carbocycles. The number of fused-ring (bicyclic) bond motifs is 2. The average Bonchev–Trinajstić information content (AvgIpc) is 3.11. The lowest BCUT2D eigenvalue weighted by Crippen LogP contribution is -2.11. The van der Waals surface area contributed by atoms with Gasteiger partial charge >= 0.3 is 0 Å². The normalized spacial score (nSPS) is 11.3. The van der Waals surface area contributed by atoms with Crippen molar-refractivity contribution in [1.29, 1.82) is 0 Å². The van der Waals surface area contributed by atoms with Crippen LogP contribution in [0, 0.1) is 0 Å². The number of carbonyl (C=O) groups is 1. The van der Waals surface area contributed by atoms with E-state index in [0.29, 0.717) is 16.9 Å². The molecule has 0 aliphatic rings. The molecule has 3 heterocycles. The van der Waals surface area contributed by atoms with Crippen LogP contribution in [0.4, 0.5) is 5.82 Å². The van der Waals surface area contributed by atoms with Gasteiger partial charge in [0.2, 0.25) is 0 Å². The van der Waals surface area contributed by atoms with E-state index in [1.54, 1.807) is 24.5 Å². The predicted molar refractivity (Wildman–Crippen MR) is 84.1 cm³/mol. The summed E-state index contributed by atoms with van der Waals surface area (Å²) in [4.78, 5) is 18.9. The summed E-state index contributed by atoms with van der Waals surface area (Å²) in [5, 5.41) is 8.53. The molecule has 7 nitrogen and oxygen atoms in total. The predicted octanol–water partition coefficient (Wildman–Crippen LogP) is 1.79. The van der Waals surface area contributed by atoms with Crippen LogP contribution in [-0.2, 0) is 0 Å². The lowest BCUT2D eigenvalue weighted by atomic mass is 10.00. The van der Waals surface area contributed by atoms with Gasteiger partial charge in [-0.25, -0.2) is 4.98 Å². The Hall–Kier alpha value is -3.35. The number of nitrogens with one attached hydrogen (secondary N) is 2. The lowest BCUT2D eigenvalue weighted by molar-refractivity contribution is 0.100. The molecule has 3 aromatic heterocycles. The van der Waals surface area contributed by atoms with Crippen LogP contribution in [0.3, 0.4) is 0 Å². The fourth-order valence-electron chi connectivity index (χ4n) is 2.68. The number of benzene rings is 1. The van der Waals surface area contributed by atoms with E-state index in [1.807, 2.05) is 12.3 Å². The maximum absolute atomic E-state index is 11.7. The number of H-pyrrole nitrogens is 2. The van der Waals surface area contributed by atoms with Gasteiger partial charge in [-0.2, -0.15) is 5.10 Å². The minimum atomic E-state index is -0.503. The number of anilines is 1. The molecule has 22 heavy (non-hydrogen) atoms. The van der Waals surface area contributed by atoms with Gasteiger partial charge in [-0.15, -0.1) is 0 Å². The number of amides is 1. The van der Waals surface area contributed by atoms with E-state index in [9.17, 15) is 4.79 Å². The molecule has 0 aliphatic heterocycles. The molecule has 0 radical (unpaired) electrons. The van der Waals surface area contributed by atoms with Gasteiger partial charge < -0.3 is 16.5 Å². The van der Waals surface area contributed by atoms with Crippen molar-refractivity contribution in [3.63, 3.8) is 0 Å². The third kappa shape index (κ3) is 1.72. The van der Waals surface area contributed by atoms with Gasteiger partial charge in [-0.1, -0.05) is 0 Å². The third-order valence-corrected chi connectivity index (χ3v) is 3.71. The Morgan fingerprint density at radius 1 is 1.18 bits per heavy atom. The van der Waals surface area contributed by atoms with E-state index in [2.05, 4.69) is 20.2 Å². The summed E-state index contributed by atoms with van der Waals surface area (Å²) in [5.41, 5.74) is 14.9. The summed E-state index contributed by atoms with van der Waals surface area (Å²) < 4.78 is 0. The standard InChI is InChI=1S/C15H12N6O/c16-13-3-9-11(5-18-12(9)6-19-13)7-1-8-4-20-21-14(8)10(2-7)15(17)22/h1-6,18H,(H2,16,19)(H2,17,22)(H,20,21). The van der Waals surface area contributed by atoms with Crippen LogP contribution in [0.1, 0.15) is 10.4 Å². The number of pyridine rings is 1. The van der Waals surface area contributed by atoms with E-state index in [0.717, 1.165) is 27.4 Å². The Labute approximate surface area is 124 Å². The number of nitrogens with two attached hydrogens (primary N) is 2. The van der Waals surface area contributed by atoms with E-state index >= 15 is 0 Å². The minimum Gasteiger partial charge on any atom is -0.384 e. The summed E-state index contributed by atoms with van der Waals surface area (Å²) >= 11 is 0. The Kier molecular flexibility index (Phi) is 2.43. The quantitative estimate of drug-likeness (QED) is 0.449. The SMILES string of the molecule is NC(=O)c1cc(-c2c[nH]c3cnc(N)cc23)cc2cn[nH]c12. The van der Waals surface area contributed by atoms with Crippen LogP contribution < -0.4 is 11.5 Å². The Balaban J connectivity index is 2.03. The van der Waals surface area contributed by atoms with Crippen LogP contribution in [-0.4, -0.2) is 26.1 Å². The summed E-state index contributed by atoms with van der Waals surface area (Å²) in [6.45, 7) is 0. The zero-order valence-corrected chi connectivity index (χ0v) is 11.4. The van der Waals surface area contributed by atoms with E-state index in [1.165, 1.54) is 0 Å². The molecule has 0 aliphatic carbocycles. The number of carbonyl (C=O) groups excluding carboxylic acids is 1. The zero-order chi connectivity index (χ0) is 15.3. The van der Waals surface area contributed by atoms with E-state index in [-0.39, 0.29) is 0 Å². The van der Waals surface area contributed by atoms with Crippen LogP contribution in [0.5, 0.6) is 0 Å². The summed E-state index contributed by atoms with van der Waals surface area (Å²) in [5.74, 6) is -0.0648. The molecule has 4 rings (SSSR count). The second-order valence-corrected chi connectivity index (χ2v) is 5.08. The average molecular weight is 292 g/mol. The van der Waals surface area contributed by atoms with Crippen molar-refractivity contribution in [3.8, 4) is 11.1 Å². The molecule has 7 heteroatoms. The molecule has 108 valence electrons. The molecule has 0 bridgehead atoms. The fraction of sp³-hybridized carbons (Fsp3) is 0. The Bertz CT molecular complexity index is 1030. The lowest BCUT2D eigenvalue weighted by Gasteiger charge is -2.04. The Morgan fingerprint density at radius 2 is 2.05 bits per heavy atom. The minimum absolute atomic E-state index is 0.404. The van der Waals surface area contributed by atoms with Crippen LogP contribution in [0.15, 0.2) is 36.8 Å². The summed E-state index contributed by atoms with van der Waals surface area (Å²) in [7, 11) is 0. The fourth-order valence-corrected chi connectivity index (χ4v) is 2.68. The first-order chi connectivity index (χ1) is 10.6. The van der Waals surface area contributed by atoms with Crippen molar-refractivity contribution in [2.24, 2.45) is 5.73 Å². The first kappa shape index (κ1) is 12.4. The van der Waals surface area contributed by atoms with Crippen molar-refractivity contribution < 1.29 is 4.79 Å². The molecule has 0 spiro atoms. The van der Waals surface area contributed by atoms with Crippen molar-refractivity contribution in [1.82, 2.24) is 20.2 Å². The molecule has 6 N–H and O–H groups in total. The van der Waals surface area contributed by atoms with Crippen molar-refractivity contribution >= 4 is 33.5 Å². The molecule has 4 aromatic rings. The number of hydrogen-bond donors (Lipinski definition) is 4. The molecular weight excluding hydrogens is 280 g/mol. The van der Waals surface area contributed by atoms with Gasteiger partial charge in [0.05, 0.1) is 29.0 Å². The second kappa shape index (κ2) is 4.32. The number of aromatic amines is 2. The maximum atomic E-state index is 11.7. The van der Waals surface area contributed by atoms with Crippen molar-refractivity contribution in [2.75, 3.05) is 5.73 Å². The van der Waals surface area contributed by atoms with Crippen LogP contribution in [0.2, 0.25) is 0 Å². The number of rotatable bonds is 2. The summed E-state index contributed by atoms with van der Waals surface area (Å²) in [6, 6.07) is 5.50. The molecule has 0 saturated heterocycles. The van der Waals surface area contributed by atoms with Crippen LogP contribution >= 0.6 is 0 Å². The first-order valence-corrected chi connectivity index (χ1v) is 6.63. The molecule has 0 atom stereocenters. The number of primary amides is 1. The third-order valence-electron chi connectivity index (χ3n) is 3.71. The van der Waals surface area contributed by atoms with Crippen molar-refractivity contribution in [2.45, 2.75) is 0 Å². The van der Waals surface area contributed by atoms with E-state index in [4.69, 9.17) is 11.5 Å². The Morgan fingerprint density at radius 3 is 2.86 bits per heavy atom. The first-order valence-electron chi connectivity index (χ1n) is 6.63. The zero-order valence-electron chi connectivity index (χ0n) is 11.4. The number of aromatic nitrogens is 4. The molecule has 1 amide bonds.